The molecule has 1 aromatic rings. The molecular formula is C13H12O4. The first-order chi connectivity index (χ1) is 8.10. The van der Waals surface area contributed by atoms with Crippen molar-refractivity contribution >= 4 is 11.8 Å². The van der Waals surface area contributed by atoms with E-state index < -0.39 is 5.97 Å². The molecule has 17 heavy (non-hydrogen) atoms. The zero-order valence-corrected chi connectivity index (χ0v) is 9.65. The number of rotatable bonds is 4. The van der Waals surface area contributed by atoms with Crippen molar-refractivity contribution in [2.45, 2.75) is 6.92 Å². The minimum atomic E-state index is -0.569. The second-order valence-corrected chi connectivity index (χ2v) is 3.25. The Labute approximate surface area is 99.5 Å². The number of ether oxygens (including phenoxy) is 2. The standard InChI is InChI=1S/C13H12O4/c1-4-7-17-12-6-5-10(9(2)14)8-11(12)13(15)16-3/h1,5-6,8H,7H2,2-3H3. The Morgan fingerprint density at radius 2 is 2.12 bits per heavy atom. The number of hydrogen-bond donors (Lipinski definition) is 0. The third-order valence-corrected chi connectivity index (χ3v) is 2.10. The molecule has 0 N–H and O–H groups in total. The number of hydrogen-bond acceptors (Lipinski definition) is 4. The van der Waals surface area contributed by atoms with Crippen LogP contribution in [0.4, 0.5) is 0 Å². The summed E-state index contributed by atoms with van der Waals surface area (Å²) in [7, 11) is 1.26. The number of methoxy groups -OCH3 is 1. The van der Waals surface area contributed by atoms with Crippen molar-refractivity contribution in [1.82, 2.24) is 0 Å². The van der Waals surface area contributed by atoms with Gasteiger partial charge < -0.3 is 9.47 Å². The topological polar surface area (TPSA) is 52.6 Å². The fourth-order valence-corrected chi connectivity index (χ4v) is 1.26. The second-order valence-electron chi connectivity index (χ2n) is 3.25. The van der Waals surface area contributed by atoms with E-state index >= 15 is 0 Å². The summed E-state index contributed by atoms with van der Waals surface area (Å²) in [5.74, 6) is 1.89. The molecule has 0 aliphatic heterocycles. The maximum Gasteiger partial charge on any atom is 0.341 e. The van der Waals surface area contributed by atoms with E-state index in [4.69, 9.17) is 11.2 Å². The average molecular weight is 232 g/mol. The Hall–Kier alpha value is -2.28. The lowest BCUT2D eigenvalue weighted by Gasteiger charge is -2.09. The Morgan fingerprint density at radius 3 is 2.65 bits per heavy atom. The molecule has 0 unspecified atom stereocenters. The van der Waals surface area contributed by atoms with Crippen LogP contribution in [0.2, 0.25) is 0 Å². The molecule has 4 heteroatoms. The van der Waals surface area contributed by atoms with Gasteiger partial charge in [0, 0.05) is 5.56 Å². The summed E-state index contributed by atoms with van der Waals surface area (Å²) in [6.45, 7) is 1.46. The smallest absolute Gasteiger partial charge is 0.341 e. The minimum absolute atomic E-state index is 0.0451. The Bertz CT molecular complexity index is 483. The van der Waals surface area contributed by atoms with Crippen LogP contribution in [0.3, 0.4) is 0 Å². The van der Waals surface area contributed by atoms with Crippen molar-refractivity contribution in [1.29, 1.82) is 0 Å². The first-order valence-electron chi connectivity index (χ1n) is 4.89. The lowest BCUT2D eigenvalue weighted by molar-refractivity contribution is 0.0596. The number of Topliss-reactive ketones (excluding diaryl/α,β-unsaturated/α-hetero) is 1. The number of carbonyl (C=O) groups is 2. The van der Waals surface area contributed by atoms with Gasteiger partial charge in [-0.05, 0) is 25.1 Å². The molecule has 0 aliphatic carbocycles. The largest absolute Gasteiger partial charge is 0.480 e. The first kappa shape index (κ1) is 12.8. The summed E-state index contributed by atoms with van der Waals surface area (Å²) in [4.78, 5) is 22.7. The van der Waals surface area contributed by atoms with Gasteiger partial charge in [0.2, 0.25) is 0 Å². The van der Waals surface area contributed by atoms with Crippen molar-refractivity contribution in [3.8, 4) is 18.1 Å². The van der Waals surface area contributed by atoms with Crippen LogP contribution >= 0.6 is 0 Å². The third-order valence-electron chi connectivity index (χ3n) is 2.10. The molecule has 0 saturated heterocycles. The van der Waals surface area contributed by atoms with Crippen LogP contribution in [0.1, 0.15) is 27.6 Å². The number of carbonyl (C=O) groups excluding carboxylic acids is 2. The lowest BCUT2D eigenvalue weighted by atomic mass is 10.1. The van der Waals surface area contributed by atoms with Crippen LogP contribution in [0, 0.1) is 12.3 Å². The summed E-state index contributed by atoms with van der Waals surface area (Å²) < 4.78 is 9.81. The van der Waals surface area contributed by atoms with Gasteiger partial charge in [0.1, 0.15) is 17.9 Å². The van der Waals surface area contributed by atoms with E-state index in [0.717, 1.165) is 0 Å². The highest BCUT2D eigenvalue weighted by atomic mass is 16.5. The van der Waals surface area contributed by atoms with Gasteiger partial charge in [-0.1, -0.05) is 5.92 Å². The predicted molar refractivity (Wildman–Crippen MR) is 62.1 cm³/mol. The van der Waals surface area contributed by atoms with E-state index in [2.05, 4.69) is 10.7 Å². The van der Waals surface area contributed by atoms with Gasteiger partial charge in [0.15, 0.2) is 5.78 Å². The molecule has 0 amide bonds. The van der Waals surface area contributed by atoms with Crippen LogP contribution in [-0.2, 0) is 4.74 Å². The molecule has 0 fully saturated rings. The highest BCUT2D eigenvalue weighted by Gasteiger charge is 2.15. The highest BCUT2D eigenvalue weighted by Crippen LogP contribution is 2.21. The SMILES string of the molecule is C#CCOc1ccc(C(C)=O)cc1C(=O)OC. The molecule has 0 aromatic heterocycles. The summed E-state index contributed by atoms with van der Waals surface area (Å²) in [5.41, 5.74) is 0.605. The second kappa shape index (κ2) is 5.71. The van der Waals surface area contributed by atoms with E-state index in [-0.39, 0.29) is 18.0 Å². The summed E-state index contributed by atoms with van der Waals surface area (Å²) in [5, 5.41) is 0. The number of benzene rings is 1. The zero-order chi connectivity index (χ0) is 12.8. The van der Waals surface area contributed by atoms with Gasteiger partial charge in [-0.25, -0.2) is 4.79 Å². The summed E-state index contributed by atoms with van der Waals surface area (Å²) >= 11 is 0. The van der Waals surface area contributed by atoms with Gasteiger partial charge in [-0.3, -0.25) is 4.79 Å². The first-order valence-corrected chi connectivity index (χ1v) is 4.89. The van der Waals surface area contributed by atoms with Crippen LogP contribution in [0.25, 0.3) is 0 Å². The number of terminal acetylenes is 1. The van der Waals surface area contributed by atoms with Gasteiger partial charge in [0.25, 0.3) is 0 Å². The average Bonchev–Trinajstić information content (AvgIpc) is 2.35. The summed E-state index contributed by atoms with van der Waals surface area (Å²) in [6, 6.07) is 4.53. The molecule has 4 nitrogen and oxygen atoms in total. The van der Waals surface area contributed by atoms with Crippen LogP contribution in [-0.4, -0.2) is 25.5 Å². The third kappa shape index (κ3) is 3.08. The zero-order valence-electron chi connectivity index (χ0n) is 9.65. The van der Waals surface area contributed by atoms with E-state index in [1.165, 1.54) is 26.2 Å². The van der Waals surface area contributed by atoms with E-state index in [1.54, 1.807) is 6.07 Å². The summed E-state index contributed by atoms with van der Waals surface area (Å²) in [6.07, 6.45) is 5.07. The van der Waals surface area contributed by atoms with E-state index in [9.17, 15) is 9.59 Å². The molecular weight excluding hydrogens is 220 g/mol. The maximum atomic E-state index is 11.5. The van der Waals surface area contributed by atoms with Gasteiger partial charge in [-0.15, -0.1) is 6.42 Å². The van der Waals surface area contributed by atoms with Gasteiger partial charge in [-0.2, -0.15) is 0 Å². The fourth-order valence-electron chi connectivity index (χ4n) is 1.26. The molecule has 0 radical (unpaired) electrons. The van der Waals surface area contributed by atoms with Crippen molar-refractivity contribution in [2.24, 2.45) is 0 Å². The highest BCUT2D eigenvalue weighted by molar-refractivity contribution is 5.99. The molecule has 0 aliphatic rings. The van der Waals surface area contributed by atoms with Gasteiger partial charge in [0.05, 0.1) is 7.11 Å². The van der Waals surface area contributed by atoms with Crippen LogP contribution in [0.5, 0.6) is 5.75 Å². The van der Waals surface area contributed by atoms with Crippen molar-refractivity contribution < 1.29 is 19.1 Å². The van der Waals surface area contributed by atoms with Crippen molar-refractivity contribution in [2.75, 3.05) is 13.7 Å². The molecule has 1 aromatic carbocycles. The Balaban J connectivity index is 3.17. The maximum absolute atomic E-state index is 11.5. The Kier molecular flexibility index (Phi) is 4.29. The molecule has 1 rings (SSSR count). The molecule has 0 bridgehead atoms. The molecule has 0 saturated carbocycles. The minimum Gasteiger partial charge on any atom is -0.480 e. The number of esters is 1. The van der Waals surface area contributed by atoms with Gasteiger partial charge >= 0.3 is 5.97 Å². The monoisotopic (exact) mass is 232 g/mol. The molecule has 0 heterocycles. The van der Waals surface area contributed by atoms with Crippen LogP contribution < -0.4 is 4.74 Å². The van der Waals surface area contributed by atoms with Crippen molar-refractivity contribution in [3.63, 3.8) is 0 Å². The van der Waals surface area contributed by atoms with E-state index in [0.29, 0.717) is 11.3 Å². The quantitative estimate of drug-likeness (QED) is 0.450. The molecule has 88 valence electrons. The molecule has 0 spiro atoms. The predicted octanol–water partition coefficient (Wildman–Crippen LogP) is 1.69. The Morgan fingerprint density at radius 1 is 1.41 bits per heavy atom. The fraction of sp³-hybridized carbons (Fsp3) is 0.231. The van der Waals surface area contributed by atoms with Crippen molar-refractivity contribution in [3.05, 3.63) is 29.3 Å². The lowest BCUT2D eigenvalue weighted by Crippen LogP contribution is -2.07. The van der Waals surface area contributed by atoms with Crippen LogP contribution in [0.15, 0.2) is 18.2 Å². The molecule has 0 atom stereocenters. The number of ketones is 1. The van der Waals surface area contributed by atoms with E-state index in [1.807, 2.05) is 0 Å². The normalized spacial score (nSPS) is 9.24.